The topological polar surface area (TPSA) is 67.9 Å². The van der Waals surface area contributed by atoms with E-state index in [9.17, 15) is 9.59 Å². The van der Waals surface area contributed by atoms with Crippen LogP contribution in [0.25, 0.3) is 0 Å². The highest BCUT2D eigenvalue weighted by atomic mass is 16.2. The lowest BCUT2D eigenvalue weighted by molar-refractivity contribution is -0.120. The summed E-state index contributed by atoms with van der Waals surface area (Å²) in [6, 6.07) is 6.91. The molecule has 0 aromatic heterocycles. The maximum atomic E-state index is 13.0. The molecule has 1 unspecified atom stereocenters. The zero-order valence-corrected chi connectivity index (χ0v) is 16.6. The molecule has 0 bridgehead atoms. The van der Waals surface area contributed by atoms with Gasteiger partial charge in [0.1, 0.15) is 0 Å². The van der Waals surface area contributed by atoms with Gasteiger partial charge in [-0.1, -0.05) is 6.07 Å². The lowest BCUT2D eigenvalue weighted by Gasteiger charge is -2.41. The number of rotatable bonds is 3. The first kappa shape index (κ1) is 18.1. The monoisotopic (exact) mass is 383 g/mol. The lowest BCUT2D eigenvalue weighted by Crippen LogP contribution is -2.59. The Morgan fingerprint density at radius 3 is 2.50 bits per heavy atom. The second-order valence-electron chi connectivity index (χ2n) is 8.73. The Hall–Kier alpha value is -1.96. The van der Waals surface area contributed by atoms with E-state index >= 15 is 0 Å². The maximum absolute atomic E-state index is 13.0. The summed E-state index contributed by atoms with van der Waals surface area (Å²) in [5.41, 5.74) is 6.55. The molecule has 3 fully saturated rings. The molecule has 28 heavy (non-hydrogen) atoms. The van der Waals surface area contributed by atoms with Crippen molar-refractivity contribution in [3.8, 4) is 0 Å². The van der Waals surface area contributed by atoms with Gasteiger partial charge >= 0.3 is 0 Å². The normalized spacial score (nSPS) is 28.2. The molecule has 3 aliphatic heterocycles. The van der Waals surface area contributed by atoms with Crippen LogP contribution in [0.3, 0.4) is 0 Å². The van der Waals surface area contributed by atoms with E-state index in [1.165, 1.54) is 5.56 Å². The number of hydrogen-bond donors (Lipinski definition) is 2. The standard InChI is InChI=1S/C21H29N5O2/c1-13-11-24(21(28)15-3-4-15)20-7-16(5-6-19(20)26(13)14(2)27)17-8-23-25(12-17)18-9-22-10-18/h5-7,13,15,17-18,22-23H,3-4,8-12H2,1-2H3/t13-,17?/m0/s1. The van der Waals surface area contributed by atoms with Crippen LogP contribution in [0.15, 0.2) is 18.2 Å². The van der Waals surface area contributed by atoms with Gasteiger partial charge in [-0.15, -0.1) is 0 Å². The Balaban J connectivity index is 1.46. The number of nitrogens with zero attached hydrogens (tertiary/aromatic N) is 3. The first-order chi connectivity index (χ1) is 13.5. The van der Waals surface area contributed by atoms with Gasteiger partial charge in [0.2, 0.25) is 11.8 Å². The highest BCUT2D eigenvalue weighted by molar-refractivity contribution is 6.05. The first-order valence-electron chi connectivity index (χ1n) is 10.5. The number of fused-ring (bicyclic) bond motifs is 1. The minimum Gasteiger partial charge on any atom is -0.313 e. The molecular weight excluding hydrogens is 354 g/mol. The second-order valence-corrected chi connectivity index (χ2v) is 8.73. The van der Waals surface area contributed by atoms with Crippen molar-refractivity contribution in [1.29, 1.82) is 0 Å². The zero-order valence-electron chi connectivity index (χ0n) is 16.6. The predicted octanol–water partition coefficient (Wildman–Crippen LogP) is 1.06. The summed E-state index contributed by atoms with van der Waals surface area (Å²) in [6.07, 6.45) is 1.98. The van der Waals surface area contributed by atoms with E-state index in [4.69, 9.17) is 0 Å². The molecule has 2 saturated heterocycles. The van der Waals surface area contributed by atoms with Gasteiger partial charge in [-0.3, -0.25) is 15.0 Å². The average Bonchev–Trinajstić information content (AvgIpc) is 3.37. The molecule has 5 rings (SSSR count). The Morgan fingerprint density at radius 1 is 1.07 bits per heavy atom. The van der Waals surface area contributed by atoms with Crippen LogP contribution in [0, 0.1) is 5.92 Å². The van der Waals surface area contributed by atoms with E-state index in [-0.39, 0.29) is 23.8 Å². The number of carbonyl (C=O) groups is 2. The van der Waals surface area contributed by atoms with E-state index in [1.807, 2.05) is 22.8 Å². The highest BCUT2D eigenvalue weighted by Gasteiger charge is 2.40. The van der Waals surface area contributed by atoms with Gasteiger partial charge in [-0.25, -0.2) is 5.01 Å². The molecule has 2 atom stereocenters. The summed E-state index contributed by atoms with van der Waals surface area (Å²) in [5.74, 6) is 0.822. The van der Waals surface area contributed by atoms with Gasteiger partial charge in [-0.2, -0.15) is 0 Å². The lowest BCUT2D eigenvalue weighted by atomic mass is 9.96. The number of benzene rings is 1. The van der Waals surface area contributed by atoms with Crippen molar-refractivity contribution in [2.45, 2.75) is 44.7 Å². The van der Waals surface area contributed by atoms with Gasteiger partial charge in [0.15, 0.2) is 0 Å². The van der Waals surface area contributed by atoms with Gasteiger partial charge < -0.3 is 15.1 Å². The number of amides is 2. The van der Waals surface area contributed by atoms with Crippen molar-refractivity contribution < 1.29 is 9.59 Å². The van der Waals surface area contributed by atoms with Crippen molar-refractivity contribution >= 4 is 23.2 Å². The van der Waals surface area contributed by atoms with Crippen LogP contribution < -0.4 is 20.5 Å². The molecule has 1 aromatic rings. The smallest absolute Gasteiger partial charge is 0.230 e. The van der Waals surface area contributed by atoms with Crippen LogP contribution in [-0.4, -0.2) is 61.6 Å². The zero-order chi connectivity index (χ0) is 19.4. The van der Waals surface area contributed by atoms with Gasteiger partial charge in [0.25, 0.3) is 0 Å². The number of hydrogen-bond acceptors (Lipinski definition) is 5. The molecule has 2 N–H and O–H groups in total. The first-order valence-corrected chi connectivity index (χ1v) is 10.5. The number of nitrogens with one attached hydrogen (secondary N) is 2. The quantitative estimate of drug-likeness (QED) is 0.817. The molecule has 150 valence electrons. The van der Waals surface area contributed by atoms with E-state index in [2.05, 4.69) is 27.9 Å². The summed E-state index contributed by atoms with van der Waals surface area (Å²) in [5, 5.41) is 5.67. The molecule has 0 radical (unpaired) electrons. The summed E-state index contributed by atoms with van der Waals surface area (Å²) in [6.45, 7) is 8.19. The van der Waals surface area contributed by atoms with E-state index in [0.717, 1.165) is 50.4 Å². The van der Waals surface area contributed by atoms with Crippen molar-refractivity contribution in [3.05, 3.63) is 23.8 Å². The SMILES string of the molecule is CC(=O)N1c2ccc(C3CNN(C4CNC4)C3)cc2N(C(=O)C2CC2)C[C@@H]1C. The fourth-order valence-corrected chi connectivity index (χ4v) is 4.72. The summed E-state index contributed by atoms with van der Waals surface area (Å²) < 4.78 is 0. The molecule has 4 aliphatic rings. The van der Waals surface area contributed by atoms with Crippen LogP contribution in [0.4, 0.5) is 11.4 Å². The molecule has 3 heterocycles. The summed E-state index contributed by atoms with van der Waals surface area (Å²) in [4.78, 5) is 29.0. The third-order valence-electron chi connectivity index (χ3n) is 6.60. The minimum atomic E-state index is -0.00620. The molecule has 7 heteroatoms. The molecule has 1 saturated carbocycles. The Labute approximate surface area is 166 Å². The Bertz CT molecular complexity index is 804. The number of anilines is 2. The summed E-state index contributed by atoms with van der Waals surface area (Å²) >= 11 is 0. The minimum absolute atomic E-state index is 0.00620. The number of carbonyl (C=O) groups excluding carboxylic acids is 2. The van der Waals surface area contributed by atoms with Crippen LogP contribution >= 0.6 is 0 Å². The molecule has 1 aromatic carbocycles. The van der Waals surface area contributed by atoms with E-state index in [0.29, 0.717) is 18.5 Å². The van der Waals surface area contributed by atoms with Crippen molar-refractivity contribution in [1.82, 2.24) is 15.8 Å². The maximum Gasteiger partial charge on any atom is 0.230 e. The van der Waals surface area contributed by atoms with Crippen LogP contribution in [0.5, 0.6) is 0 Å². The third-order valence-corrected chi connectivity index (χ3v) is 6.60. The predicted molar refractivity (Wildman–Crippen MR) is 108 cm³/mol. The fraction of sp³-hybridized carbons (Fsp3) is 0.619. The highest BCUT2D eigenvalue weighted by Crippen LogP contribution is 2.41. The average molecular weight is 383 g/mol. The Morgan fingerprint density at radius 2 is 1.86 bits per heavy atom. The Kier molecular flexibility index (Phi) is 4.41. The van der Waals surface area contributed by atoms with Crippen molar-refractivity contribution in [2.24, 2.45) is 5.92 Å². The van der Waals surface area contributed by atoms with E-state index < -0.39 is 0 Å². The van der Waals surface area contributed by atoms with E-state index in [1.54, 1.807) is 6.92 Å². The van der Waals surface area contributed by atoms with Gasteiger partial charge in [0, 0.05) is 57.5 Å². The van der Waals surface area contributed by atoms with Gasteiger partial charge in [0.05, 0.1) is 17.4 Å². The van der Waals surface area contributed by atoms with Crippen molar-refractivity contribution in [3.63, 3.8) is 0 Å². The molecule has 0 spiro atoms. The van der Waals surface area contributed by atoms with Crippen molar-refractivity contribution in [2.75, 3.05) is 42.5 Å². The van der Waals surface area contributed by atoms with Crippen LogP contribution in [0.2, 0.25) is 0 Å². The third kappa shape index (κ3) is 3.02. The molecule has 1 aliphatic carbocycles. The molecule has 2 amide bonds. The second kappa shape index (κ2) is 6.83. The van der Waals surface area contributed by atoms with Crippen LogP contribution in [0.1, 0.15) is 38.2 Å². The van der Waals surface area contributed by atoms with Crippen LogP contribution in [-0.2, 0) is 9.59 Å². The van der Waals surface area contributed by atoms with Gasteiger partial charge in [-0.05, 0) is 37.5 Å². The summed E-state index contributed by atoms with van der Waals surface area (Å²) in [7, 11) is 0. The number of hydrazine groups is 1. The largest absolute Gasteiger partial charge is 0.313 e. The fourth-order valence-electron chi connectivity index (χ4n) is 4.72. The molecule has 7 nitrogen and oxygen atoms in total. The molecular formula is C21H29N5O2.